The van der Waals surface area contributed by atoms with Gasteiger partial charge in [-0.2, -0.15) is 0 Å². The highest BCUT2D eigenvalue weighted by Crippen LogP contribution is 2.16. The summed E-state index contributed by atoms with van der Waals surface area (Å²) < 4.78 is 5.81. The van der Waals surface area contributed by atoms with E-state index in [0.717, 1.165) is 13.0 Å². The van der Waals surface area contributed by atoms with Crippen LogP contribution in [-0.4, -0.2) is 61.3 Å². The molecule has 3 heteroatoms. The molecule has 0 aliphatic carbocycles. The first kappa shape index (κ1) is 10.4. The summed E-state index contributed by atoms with van der Waals surface area (Å²) in [6, 6.07) is 0.659. The first-order chi connectivity index (χ1) is 6.79. The Morgan fingerprint density at radius 2 is 2.00 bits per heavy atom. The van der Waals surface area contributed by atoms with Gasteiger partial charge >= 0.3 is 0 Å². The molecular weight excluding hydrogens is 176 g/mol. The van der Waals surface area contributed by atoms with Gasteiger partial charge in [-0.05, 0) is 13.3 Å². The van der Waals surface area contributed by atoms with Crippen LogP contribution in [-0.2, 0) is 4.74 Å². The van der Waals surface area contributed by atoms with E-state index in [9.17, 15) is 0 Å². The minimum atomic E-state index is 0.423. The second-order valence-corrected chi connectivity index (χ2v) is 4.54. The molecule has 2 atom stereocenters. The highest BCUT2D eigenvalue weighted by atomic mass is 16.5. The number of hydrogen-bond donors (Lipinski definition) is 0. The summed E-state index contributed by atoms with van der Waals surface area (Å²) >= 11 is 0. The Hall–Kier alpha value is -0.120. The van der Waals surface area contributed by atoms with Crippen LogP contribution in [0, 0.1) is 0 Å². The van der Waals surface area contributed by atoms with Crippen LogP contribution >= 0.6 is 0 Å². The maximum Gasteiger partial charge on any atom is 0.0637 e. The van der Waals surface area contributed by atoms with Gasteiger partial charge in [0.2, 0.25) is 0 Å². The molecule has 2 unspecified atom stereocenters. The van der Waals surface area contributed by atoms with Crippen LogP contribution in [0.5, 0.6) is 0 Å². The van der Waals surface area contributed by atoms with E-state index in [1.807, 2.05) is 0 Å². The zero-order valence-electron chi connectivity index (χ0n) is 9.41. The highest BCUT2D eigenvalue weighted by molar-refractivity contribution is 4.87. The molecule has 82 valence electrons. The molecule has 0 aromatic heterocycles. The number of piperazine rings is 3. The predicted octanol–water partition coefficient (Wildman–Crippen LogP) is 0.801. The van der Waals surface area contributed by atoms with E-state index in [2.05, 4.69) is 23.6 Å². The molecule has 0 aromatic rings. The number of ether oxygens (including phenoxy) is 1. The van der Waals surface area contributed by atoms with E-state index in [-0.39, 0.29) is 0 Å². The van der Waals surface area contributed by atoms with Crippen molar-refractivity contribution < 1.29 is 4.74 Å². The molecule has 0 radical (unpaired) electrons. The molecule has 3 nitrogen and oxygen atoms in total. The number of rotatable bonds is 4. The van der Waals surface area contributed by atoms with E-state index in [4.69, 9.17) is 4.74 Å². The first-order valence-corrected chi connectivity index (χ1v) is 5.87. The lowest BCUT2D eigenvalue weighted by atomic mass is 10.1. The predicted molar refractivity (Wildman–Crippen MR) is 57.5 cm³/mol. The van der Waals surface area contributed by atoms with E-state index in [1.54, 1.807) is 0 Å². The summed E-state index contributed by atoms with van der Waals surface area (Å²) in [6.45, 7) is 11.5. The van der Waals surface area contributed by atoms with Crippen LogP contribution in [0.3, 0.4) is 0 Å². The molecule has 0 N–H and O–H groups in total. The summed E-state index contributed by atoms with van der Waals surface area (Å²) in [6.07, 6.45) is 1.54. The molecule has 14 heavy (non-hydrogen) atoms. The minimum absolute atomic E-state index is 0.423. The summed E-state index contributed by atoms with van der Waals surface area (Å²) in [7, 11) is 0. The van der Waals surface area contributed by atoms with Gasteiger partial charge < -0.3 is 4.74 Å². The van der Waals surface area contributed by atoms with E-state index >= 15 is 0 Å². The van der Waals surface area contributed by atoms with Crippen molar-refractivity contribution in [3.8, 4) is 0 Å². The number of nitrogens with zero attached hydrogens (tertiary/aromatic N) is 2. The molecule has 3 aliphatic heterocycles. The largest absolute Gasteiger partial charge is 0.377 e. The Morgan fingerprint density at radius 1 is 1.29 bits per heavy atom. The molecule has 3 saturated heterocycles. The summed E-state index contributed by atoms with van der Waals surface area (Å²) in [5.74, 6) is 0. The fraction of sp³-hybridized carbons (Fsp3) is 1.00. The van der Waals surface area contributed by atoms with Crippen LogP contribution in [0.15, 0.2) is 0 Å². The molecule has 3 heterocycles. The van der Waals surface area contributed by atoms with Crippen molar-refractivity contribution in [2.24, 2.45) is 0 Å². The van der Waals surface area contributed by atoms with Crippen LogP contribution in [0.1, 0.15) is 20.3 Å². The SMILES string of the molecule is CCC(C)OCC1CN2CCN1CC2. The average molecular weight is 198 g/mol. The lowest BCUT2D eigenvalue weighted by molar-refractivity contribution is -0.0465. The highest BCUT2D eigenvalue weighted by Gasteiger charge is 2.31. The fourth-order valence-corrected chi connectivity index (χ4v) is 2.28. The summed E-state index contributed by atoms with van der Waals surface area (Å²) in [4.78, 5) is 5.15. The van der Waals surface area contributed by atoms with Gasteiger partial charge in [0.05, 0.1) is 12.7 Å². The smallest absolute Gasteiger partial charge is 0.0637 e. The van der Waals surface area contributed by atoms with Gasteiger partial charge in [0.1, 0.15) is 0 Å². The van der Waals surface area contributed by atoms with E-state index < -0.39 is 0 Å². The third-order valence-electron chi connectivity index (χ3n) is 3.54. The molecule has 0 spiro atoms. The van der Waals surface area contributed by atoms with E-state index in [1.165, 1.54) is 32.7 Å². The van der Waals surface area contributed by atoms with Gasteiger partial charge in [-0.15, -0.1) is 0 Å². The Kier molecular flexibility index (Phi) is 3.42. The Bertz CT molecular complexity index is 178. The zero-order valence-corrected chi connectivity index (χ0v) is 9.41. The van der Waals surface area contributed by atoms with Crippen LogP contribution < -0.4 is 0 Å². The molecule has 2 bridgehead atoms. The Balaban J connectivity index is 1.76. The number of hydrogen-bond acceptors (Lipinski definition) is 3. The molecule has 0 amide bonds. The third-order valence-corrected chi connectivity index (χ3v) is 3.54. The van der Waals surface area contributed by atoms with Gasteiger partial charge in [0.25, 0.3) is 0 Å². The summed E-state index contributed by atoms with van der Waals surface area (Å²) in [5, 5.41) is 0. The monoisotopic (exact) mass is 198 g/mol. The van der Waals surface area contributed by atoms with Crippen molar-refractivity contribution in [1.29, 1.82) is 0 Å². The molecule has 0 saturated carbocycles. The van der Waals surface area contributed by atoms with Crippen LogP contribution in [0.4, 0.5) is 0 Å². The van der Waals surface area contributed by atoms with Crippen molar-refractivity contribution in [3.05, 3.63) is 0 Å². The number of fused-ring (bicyclic) bond motifs is 3. The standard InChI is InChI=1S/C11H22N2O/c1-3-10(2)14-9-11-8-12-4-6-13(11)7-5-12/h10-11H,3-9H2,1-2H3. The quantitative estimate of drug-likeness (QED) is 0.664. The van der Waals surface area contributed by atoms with Gasteiger partial charge in [-0.25, -0.2) is 0 Å². The van der Waals surface area contributed by atoms with Crippen molar-refractivity contribution >= 4 is 0 Å². The normalized spacial score (nSPS) is 38.6. The van der Waals surface area contributed by atoms with E-state index in [0.29, 0.717) is 12.1 Å². The molecule has 3 rings (SSSR count). The van der Waals surface area contributed by atoms with Gasteiger partial charge in [0.15, 0.2) is 0 Å². The second kappa shape index (κ2) is 4.60. The topological polar surface area (TPSA) is 15.7 Å². The second-order valence-electron chi connectivity index (χ2n) is 4.54. The van der Waals surface area contributed by atoms with Crippen molar-refractivity contribution in [2.45, 2.75) is 32.4 Å². The lowest BCUT2D eigenvalue weighted by Crippen LogP contribution is -2.62. The lowest BCUT2D eigenvalue weighted by Gasteiger charge is -2.47. The molecule has 3 aliphatic rings. The van der Waals surface area contributed by atoms with Gasteiger partial charge in [0, 0.05) is 38.8 Å². The van der Waals surface area contributed by atoms with Crippen molar-refractivity contribution in [3.63, 3.8) is 0 Å². The maximum atomic E-state index is 5.81. The molecule has 0 aromatic carbocycles. The Morgan fingerprint density at radius 3 is 2.50 bits per heavy atom. The van der Waals surface area contributed by atoms with Crippen LogP contribution in [0.2, 0.25) is 0 Å². The van der Waals surface area contributed by atoms with Gasteiger partial charge in [-0.3, -0.25) is 9.80 Å². The fourth-order valence-electron chi connectivity index (χ4n) is 2.28. The molecular formula is C11H22N2O. The zero-order chi connectivity index (χ0) is 9.97. The first-order valence-electron chi connectivity index (χ1n) is 5.87. The minimum Gasteiger partial charge on any atom is -0.377 e. The average Bonchev–Trinajstić information content (AvgIpc) is 2.27. The summed E-state index contributed by atoms with van der Waals surface area (Å²) in [5.41, 5.74) is 0. The van der Waals surface area contributed by atoms with Crippen molar-refractivity contribution in [2.75, 3.05) is 39.3 Å². The molecule has 3 fully saturated rings. The van der Waals surface area contributed by atoms with Gasteiger partial charge in [-0.1, -0.05) is 6.92 Å². The Labute approximate surface area is 87.0 Å². The van der Waals surface area contributed by atoms with Crippen LogP contribution in [0.25, 0.3) is 0 Å². The third kappa shape index (κ3) is 2.27. The maximum absolute atomic E-state index is 5.81. The van der Waals surface area contributed by atoms with Crippen molar-refractivity contribution in [1.82, 2.24) is 9.80 Å².